The van der Waals surface area contributed by atoms with E-state index in [4.69, 9.17) is 33.0 Å². The topological polar surface area (TPSA) is 162 Å². The number of hydrogen-bond donors (Lipinski definition) is 1. The lowest BCUT2D eigenvalue weighted by molar-refractivity contribution is -0.162. The Kier molecular flexibility index (Phi) is 13.8. The quantitative estimate of drug-likeness (QED) is 0.0288. The van der Waals surface area contributed by atoms with Crippen LogP contribution in [0.2, 0.25) is 0 Å². The van der Waals surface area contributed by atoms with Crippen LogP contribution in [0.5, 0.6) is 11.5 Å². The first kappa shape index (κ1) is 44.2. The maximum Gasteiger partial charge on any atom is 0.280 e. The molecule has 2 aliphatic rings. The summed E-state index contributed by atoms with van der Waals surface area (Å²) in [5.74, 6) is 2.00. The predicted molar refractivity (Wildman–Crippen MR) is 237 cm³/mol. The molecule has 17 heteroatoms. The van der Waals surface area contributed by atoms with E-state index < -0.39 is 42.9 Å². The minimum Gasteiger partial charge on any atom is -0.497 e. The van der Waals surface area contributed by atoms with Gasteiger partial charge in [-0.2, -0.15) is 10.2 Å². The van der Waals surface area contributed by atoms with Crippen molar-refractivity contribution in [1.82, 2.24) is 29.1 Å². The molecular formula is C44H53N8O7PS. The summed E-state index contributed by atoms with van der Waals surface area (Å²) < 4.78 is 42.1. The number of nitrogens with one attached hydrogen (secondary N) is 1. The van der Waals surface area contributed by atoms with Crippen molar-refractivity contribution >= 4 is 43.7 Å². The van der Waals surface area contributed by atoms with Crippen LogP contribution < -0.4 is 15.0 Å². The molecule has 4 heterocycles. The van der Waals surface area contributed by atoms with Gasteiger partial charge >= 0.3 is 0 Å². The third-order valence-corrected chi connectivity index (χ3v) is 14.5. The lowest BCUT2D eigenvalue weighted by atomic mass is 9.84. The number of H-pyrrole nitrogens is 1. The maximum atomic E-state index is 13.3. The lowest BCUT2D eigenvalue weighted by Crippen LogP contribution is -2.46. The molecule has 2 bridgehead atoms. The second kappa shape index (κ2) is 19.0. The van der Waals surface area contributed by atoms with Crippen LogP contribution in [0.3, 0.4) is 0 Å². The highest BCUT2D eigenvalue weighted by atomic mass is 32.2. The van der Waals surface area contributed by atoms with Crippen molar-refractivity contribution in [2.45, 2.75) is 75.0 Å². The molecule has 2 aromatic heterocycles. The van der Waals surface area contributed by atoms with Crippen LogP contribution in [0, 0.1) is 11.3 Å². The molecule has 2 aliphatic heterocycles. The molecule has 7 rings (SSSR count). The Labute approximate surface area is 362 Å². The number of fused-ring (bicyclic) bond motifs is 3. The Morgan fingerprint density at radius 1 is 1.02 bits per heavy atom. The van der Waals surface area contributed by atoms with Gasteiger partial charge in [-0.3, -0.25) is 14.3 Å². The average molecular weight is 869 g/mol. The SMILES string of the molecule is COc1ccc(C(SC[C@@]23COC([C@H](n4cnc5c(=O)[nH]c(/N=C/N(C)C)nc54)O2)[C@H]3OP(OCCC#N)N(C(C)C)C(C)C)(c2ccccc2)c2ccc(OC)cc2)cc1. The molecule has 5 atom stereocenters. The fourth-order valence-corrected chi connectivity index (χ4v) is 11.4. The predicted octanol–water partition coefficient (Wildman–Crippen LogP) is 7.41. The number of benzene rings is 3. The van der Waals surface area contributed by atoms with E-state index in [9.17, 15) is 10.1 Å². The van der Waals surface area contributed by atoms with Gasteiger partial charge in [0.25, 0.3) is 14.1 Å². The highest BCUT2D eigenvalue weighted by molar-refractivity contribution is 8.00. The molecule has 322 valence electrons. The van der Waals surface area contributed by atoms with E-state index in [0.717, 1.165) is 28.2 Å². The van der Waals surface area contributed by atoms with Crippen molar-refractivity contribution in [1.29, 1.82) is 5.26 Å². The van der Waals surface area contributed by atoms with Gasteiger partial charge in [-0.15, -0.1) is 11.8 Å². The highest BCUT2D eigenvalue weighted by Crippen LogP contribution is 2.58. The Balaban J connectivity index is 1.37. The third-order valence-electron chi connectivity index (χ3n) is 10.7. The van der Waals surface area contributed by atoms with E-state index >= 15 is 0 Å². The van der Waals surface area contributed by atoms with Gasteiger partial charge in [-0.05, 0) is 68.7 Å². The van der Waals surface area contributed by atoms with E-state index in [0.29, 0.717) is 11.4 Å². The second-order valence-electron chi connectivity index (χ2n) is 15.6. The van der Waals surface area contributed by atoms with Crippen LogP contribution >= 0.6 is 20.3 Å². The molecule has 0 saturated carbocycles. The molecule has 0 aliphatic carbocycles. The molecule has 15 nitrogen and oxygen atoms in total. The van der Waals surface area contributed by atoms with Crippen LogP contribution in [-0.4, -0.2) is 113 Å². The summed E-state index contributed by atoms with van der Waals surface area (Å²) in [7, 11) is 5.26. The fourth-order valence-electron chi connectivity index (χ4n) is 7.90. The summed E-state index contributed by atoms with van der Waals surface area (Å²) in [5.41, 5.74) is 2.06. The van der Waals surface area contributed by atoms with Crippen molar-refractivity contribution in [3.63, 3.8) is 0 Å². The van der Waals surface area contributed by atoms with Gasteiger partial charge < -0.3 is 32.9 Å². The van der Waals surface area contributed by atoms with E-state index in [-0.39, 0.29) is 43.2 Å². The zero-order valence-corrected chi connectivity index (χ0v) is 37.4. The number of nitriles is 1. The fraction of sp³-hybridized carbons (Fsp3) is 0.432. The molecular weight excluding hydrogens is 816 g/mol. The van der Waals surface area contributed by atoms with E-state index in [1.54, 1.807) is 48.1 Å². The summed E-state index contributed by atoms with van der Waals surface area (Å²) in [6.07, 6.45) is 1.21. The van der Waals surface area contributed by atoms with E-state index in [1.807, 2.05) is 56.6 Å². The molecule has 0 spiro atoms. The standard InChI is InChI=1S/C44H53N8O7PS/c1-29(2)52(30(3)4)60(57-24-12-23-45)59-38-37-41(51-28-46-36-39(51)48-42(49-40(36)53)47-27-50(5)6)58-43(38,25-56-37)26-61-44(31-13-10-9-11-14-31,32-15-19-34(54-7)20-16-32)33-17-21-35(55-8)22-18-33/h9-11,13-22,27-30,37-38,41H,12,24-26H2,1-8H3,(H,48,49,53)/b47-27+/t37?,38-,41-,43-,60?/m1/s1. The number of imidazole rings is 1. The molecule has 0 amide bonds. The van der Waals surface area contributed by atoms with Crippen molar-refractivity contribution in [2.75, 3.05) is 47.3 Å². The van der Waals surface area contributed by atoms with Gasteiger partial charge in [0, 0.05) is 31.9 Å². The van der Waals surface area contributed by atoms with Crippen LogP contribution in [0.4, 0.5) is 5.95 Å². The minimum atomic E-state index is -1.72. The number of aromatic amines is 1. The zero-order valence-electron chi connectivity index (χ0n) is 35.7. The number of hydrogen-bond acceptors (Lipinski definition) is 13. The van der Waals surface area contributed by atoms with Crippen LogP contribution in [0.25, 0.3) is 11.2 Å². The number of methoxy groups -OCH3 is 2. The number of thioether (sulfide) groups is 1. The monoisotopic (exact) mass is 868 g/mol. The van der Waals surface area contributed by atoms with Gasteiger partial charge in [0.05, 0.1) is 57.3 Å². The number of nitrogens with zero attached hydrogens (tertiary/aromatic N) is 7. The summed E-state index contributed by atoms with van der Waals surface area (Å²) in [5, 5.41) is 9.48. The normalized spacial score (nSPS) is 20.6. The second-order valence-corrected chi connectivity index (χ2v) is 18.2. The van der Waals surface area contributed by atoms with Gasteiger partial charge in [0.15, 0.2) is 17.4 Å². The van der Waals surface area contributed by atoms with Crippen molar-refractivity contribution in [2.24, 2.45) is 4.99 Å². The average Bonchev–Trinajstić information content (AvgIpc) is 3.93. The number of aliphatic imine (C=N–C) groups is 1. The summed E-state index contributed by atoms with van der Waals surface area (Å²) in [6, 6.07) is 29.0. The molecule has 2 unspecified atom stereocenters. The largest absolute Gasteiger partial charge is 0.497 e. The molecule has 0 radical (unpaired) electrons. The molecule has 5 aromatic rings. The molecule has 61 heavy (non-hydrogen) atoms. The Bertz CT molecular complexity index is 2320. The Morgan fingerprint density at radius 2 is 1.64 bits per heavy atom. The molecule has 3 aromatic carbocycles. The summed E-state index contributed by atoms with van der Waals surface area (Å²) >= 11 is 1.72. The first-order valence-corrected chi connectivity index (χ1v) is 22.3. The lowest BCUT2D eigenvalue weighted by Gasteiger charge is -2.41. The van der Waals surface area contributed by atoms with Crippen molar-refractivity contribution < 1.29 is 28.0 Å². The highest BCUT2D eigenvalue weighted by Gasteiger charge is 2.65. The van der Waals surface area contributed by atoms with Gasteiger partial charge in [-0.1, -0.05) is 54.6 Å². The van der Waals surface area contributed by atoms with Crippen molar-refractivity contribution in [3.05, 3.63) is 112 Å². The first-order valence-electron chi connectivity index (χ1n) is 20.1. The molecule has 2 saturated heterocycles. The van der Waals surface area contributed by atoms with E-state index in [2.05, 4.69) is 89.8 Å². The van der Waals surface area contributed by atoms with Gasteiger partial charge in [0.1, 0.15) is 29.3 Å². The number of aromatic nitrogens is 4. The third kappa shape index (κ3) is 8.92. The van der Waals surface area contributed by atoms with E-state index in [1.165, 1.54) is 0 Å². The van der Waals surface area contributed by atoms with Crippen LogP contribution in [0.15, 0.2) is 95.0 Å². The van der Waals surface area contributed by atoms with Gasteiger partial charge in [-0.25, -0.2) is 14.6 Å². The minimum absolute atomic E-state index is 0.0562. The van der Waals surface area contributed by atoms with Crippen LogP contribution in [-0.2, 0) is 23.3 Å². The van der Waals surface area contributed by atoms with Gasteiger partial charge in [0.2, 0.25) is 5.95 Å². The molecule has 2 fully saturated rings. The van der Waals surface area contributed by atoms with Crippen LogP contribution in [0.1, 0.15) is 57.0 Å². The summed E-state index contributed by atoms with van der Waals surface area (Å²) in [6.45, 7) is 8.83. The molecule has 1 N–H and O–H groups in total. The maximum absolute atomic E-state index is 13.3. The summed E-state index contributed by atoms with van der Waals surface area (Å²) in [4.78, 5) is 31.3. The first-order chi connectivity index (χ1) is 29.4. The number of rotatable bonds is 19. The number of ether oxygens (including phenoxy) is 4. The zero-order chi connectivity index (χ0) is 43.3. The smallest absolute Gasteiger partial charge is 0.280 e. The Hall–Kier alpha value is -4.85. The van der Waals surface area contributed by atoms with Crippen molar-refractivity contribution in [3.8, 4) is 17.6 Å². The Morgan fingerprint density at radius 3 is 2.21 bits per heavy atom.